The molecule has 2 N–H and O–H groups in total. The van der Waals surface area contributed by atoms with Gasteiger partial charge >= 0.3 is 0 Å². The highest BCUT2D eigenvalue weighted by Gasteiger charge is 2.34. The van der Waals surface area contributed by atoms with Gasteiger partial charge in [-0.15, -0.1) is 0 Å². The van der Waals surface area contributed by atoms with Gasteiger partial charge in [-0.25, -0.2) is 4.98 Å². The fourth-order valence-electron chi connectivity index (χ4n) is 2.69. The van der Waals surface area contributed by atoms with Gasteiger partial charge in [0.25, 0.3) is 0 Å². The lowest BCUT2D eigenvalue weighted by Gasteiger charge is -2.38. The van der Waals surface area contributed by atoms with Crippen LogP contribution in [0.25, 0.3) is 0 Å². The number of rotatable bonds is 3. The van der Waals surface area contributed by atoms with Crippen LogP contribution in [0.4, 0.5) is 0 Å². The minimum absolute atomic E-state index is 0.578. The summed E-state index contributed by atoms with van der Waals surface area (Å²) in [6.45, 7) is 4.68. The van der Waals surface area contributed by atoms with Crippen LogP contribution >= 0.6 is 11.8 Å². The Morgan fingerprint density at radius 2 is 2.25 bits per heavy atom. The standard InChI is InChI=1S/C11H20N4S/c1-7-4-8(2)10(9(5-7)12-3)16-11-13-6-14-15-11/h6-10,12H,4-5H2,1-3H3,(H,13,14,15). The van der Waals surface area contributed by atoms with E-state index >= 15 is 0 Å². The van der Waals surface area contributed by atoms with Gasteiger partial charge in [-0.05, 0) is 31.7 Å². The first-order valence-electron chi connectivity index (χ1n) is 5.90. The Kier molecular flexibility index (Phi) is 3.86. The van der Waals surface area contributed by atoms with Gasteiger partial charge in [-0.1, -0.05) is 25.6 Å². The predicted octanol–water partition coefficient (Wildman–Crippen LogP) is 1.92. The van der Waals surface area contributed by atoms with E-state index in [4.69, 9.17) is 0 Å². The lowest BCUT2D eigenvalue weighted by molar-refractivity contribution is 0.257. The second-order valence-corrected chi connectivity index (χ2v) is 5.99. The summed E-state index contributed by atoms with van der Waals surface area (Å²) in [7, 11) is 2.06. The molecule has 1 aliphatic rings. The number of nitrogens with zero attached hydrogens (tertiary/aromatic N) is 2. The van der Waals surface area contributed by atoms with Crippen LogP contribution in [0, 0.1) is 11.8 Å². The highest BCUT2D eigenvalue weighted by Crippen LogP contribution is 2.38. The second-order valence-electron chi connectivity index (χ2n) is 4.82. The monoisotopic (exact) mass is 240 g/mol. The summed E-state index contributed by atoms with van der Waals surface area (Å²) < 4.78 is 0. The molecule has 4 unspecified atom stereocenters. The fraction of sp³-hybridized carbons (Fsp3) is 0.818. The predicted molar refractivity (Wildman–Crippen MR) is 66.4 cm³/mol. The molecule has 2 rings (SSSR count). The van der Waals surface area contributed by atoms with Crippen LogP contribution in [-0.2, 0) is 0 Å². The van der Waals surface area contributed by atoms with Crippen LogP contribution in [0.1, 0.15) is 26.7 Å². The van der Waals surface area contributed by atoms with E-state index in [2.05, 4.69) is 41.4 Å². The van der Waals surface area contributed by atoms with Gasteiger partial charge in [0.2, 0.25) is 0 Å². The average Bonchev–Trinajstić information content (AvgIpc) is 2.74. The van der Waals surface area contributed by atoms with Crippen LogP contribution in [0.3, 0.4) is 0 Å². The van der Waals surface area contributed by atoms with Crippen LogP contribution in [0.2, 0.25) is 0 Å². The number of hydrogen-bond acceptors (Lipinski definition) is 4. The third-order valence-corrected chi connectivity index (χ3v) is 4.88. The first kappa shape index (κ1) is 11.9. The largest absolute Gasteiger partial charge is 0.316 e. The summed E-state index contributed by atoms with van der Waals surface area (Å²) >= 11 is 1.82. The minimum atomic E-state index is 0.578. The van der Waals surface area contributed by atoms with E-state index in [0.29, 0.717) is 11.3 Å². The van der Waals surface area contributed by atoms with E-state index in [0.717, 1.165) is 17.0 Å². The molecule has 5 heteroatoms. The Morgan fingerprint density at radius 1 is 1.44 bits per heavy atom. The zero-order valence-electron chi connectivity index (χ0n) is 10.1. The van der Waals surface area contributed by atoms with Gasteiger partial charge in [0.15, 0.2) is 5.16 Å². The van der Waals surface area contributed by atoms with E-state index in [1.54, 1.807) is 6.33 Å². The van der Waals surface area contributed by atoms with Crippen molar-refractivity contribution in [2.24, 2.45) is 11.8 Å². The lowest BCUT2D eigenvalue weighted by Crippen LogP contribution is -2.44. The van der Waals surface area contributed by atoms with Crippen molar-refractivity contribution in [1.82, 2.24) is 20.5 Å². The van der Waals surface area contributed by atoms with Crippen LogP contribution < -0.4 is 5.32 Å². The summed E-state index contributed by atoms with van der Waals surface area (Å²) in [6.07, 6.45) is 4.14. The molecule has 16 heavy (non-hydrogen) atoms. The quantitative estimate of drug-likeness (QED) is 0.847. The molecule has 1 heterocycles. The number of hydrogen-bond donors (Lipinski definition) is 2. The molecule has 1 aromatic rings. The van der Waals surface area contributed by atoms with Gasteiger partial charge in [0, 0.05) is 11.3 Å². The summed E-state index contributed by atoms with van der Waals surface area (Å²) in [5.41, 5.74) is 0. The first-order chi connectivity index (χ1) is 7.70. The Hall–Kier alpha value is -0.550. The maximum atomic E-state index is 4.20. The van der Waals surface area contributed by atoms with Crippen molar-refractivity contribution in [3.05, 3.63) is 6.33 Å². The summed E-state index contributed by atoms with van der Waals surface area (Å²) in [6, 6.07) is 0.578. The number of aromatic nitrogens is 3. The molecule has 0 saturated heterocycles. The van der Waals surface area contributed by atoms with E-state index in [1.807, 2.05) is 11.8 Å². The lowest BCUT2D eigenvalue weighted by atomic mass is 9.80. The van der Waals surface area contributed by atoms with Crippen molar-refractivity contribution in [3.63, 3.8) is 0 Å². The molecular weight excluding hydrogens is 220 g/mol. The Morgan fingerprint density at radius 3 is 2.88 bits per heavy atom. The molecule has 1 aromatic heterocycles. The zero-order valence-corrected chi connectivity index (χ0v) is 10.9. The van der Waals surface area contributed by atoms with Gasteiger partial charge < -0.3 is 5.32 Å². The molecule has 0 amide bonds. The van der Waals surface area contributed by atoms with E-state index in [-0.39, 0.29) is 0 Å². The third-order valence-electron chi connectivity index (χ3n) is 3.40. The van der Waals surface area contributed by atoms with Crippen LogP contribution in [0.5, 0.6) is 0 Å². The molecule has 1 saturated carbocycles. The molecule has 0 aliphatic heterocycles. The SMILES string of the molecule is CNC1CC(C)CC(C)C1Sc1ncn[nH]1. The Labute approximate surface area is 101 Å². The van der Waals surface area contributed by atoms with Crippen molar-refractivity contribution in [3.8, 4) is 0 Å². The van der Waals surface area contributed by atoms with Crippen molar-refractivity contribution < 1.29 is 0 Å². The zero-order chi connectivity index (χ0) is 11.5. The summed E-state index contributed by atoms with van der Waals surface area (Å²) in [4.78, 5) is 4.20. The average molecular weight is 240 g/mol. The molecule has 0 spiro atoms. The number of aromatic amines is 1. The molecule has 0 radical (unpaired) electrons. The Bertz CT molecular complexity index is 314. The molecule has 0 bridgehead atoms. The molecule has 4 atom stereocenters. The van der Waals surface area contributed by atoms with Gasteiger partial charge in [-0.2, -0.15) is 5.10 Å². The van der Waals surface area contributed by atoms with Gasteiger partial charge in [0.05, 0.1) is 0 Å². The van der Waals surface area contributed by atoms with Crippen molar-refractivity contribution >= 4 is 11.8 Å². The second kappa shape index (κ2) is 5.19. The van der Waals surface area contributed by atoms with Crippen LogP contribution in [0.15, 0.2) is 11.5 Å². The number of thioether (sulfide) groups is 1. The maximum absolute atomic E-state index is 4.20. The Balaban J connectivity index is 2.05. The van der Waals surface area contributed by atoms with Gasteiger partial charge in [-0.3, -0.25) is 5.10 Å². The normalized spacial score (nSPS) is 35.2. The number of nitrogens with one attached hydrogen (secondary N) is 2. The fourth-order valence-corrected chi connectivity index (χ4v) is 3.92. The van der Waals surface area contributed by atoms with E-state index < -0.39 is 0 Å². The summed E-state index contributed by atoms with van der Waals surface area (Å²) in [5, 5.41) is 11.8. The first-order valence-corrected chi connectivity index (χ1v) is 6.78. The van der Waals surface area contributed by atoms with Crippen molar-refractivity contribution in [2.45, 2.75) is 43.1 Å². The third kappa shape index (κ3) is 2.58. The molecule has 1 aliphatic carbocycles. The molecule has 4 nitrogen and oxygen atoms in total. The highest BCUT2D eigenvalue weighted by atomic mass is 32.2. The topological polar surface area (TPSA) is 53.6 Å². The smallest absolute Gasteiger partial charge is 0.183 e. The molecular formula is C11H20N4S. The van der Waals surface area contributed by atoms with Crippen LogP contribution in [-0.4, -0.2) is 33.5 Å². The van der Waals surface area contributed by atoms with Crippen molar-refractivity contribution in [2.75, 3.05) is 7.05 Å². The molecule has 90 valence electrons. The highest BCUT2D eigenvalue weighted by molar-refractivity contribution is 7.99. The van der Waals surface area contributed by atoms with Crippen molar-refractivity contribution in [1.29, 1.82) is 0 Å². The molecule has 0 aromatic carbocycles. The van der Waals surface area contributed by atoms with Gasteiger partial charge in [0.1, 0.15) is 6.33 Å². The maximum Gasteiger partial charge on any atom is 0.183 e. The molecule has 1 fully saturated rings. The number of H-pyrrole nitrogens is 1. The van der Waals surface area contributed by atoms with E-state index in [9.17, 15) is 0 Å². The van der Waals surface area contributed by atoms with E-state index in [1.165, 1.54) is 12.8 Å². The minimum Gasteiger partial charge on any atom is -0.316 e. The summed E-state index contributed by atoms with van der Waals surface area (Å²) in [5.74, 6) is 1.54.